The molecule has 0 unspecified atom stereocenters. The van der Waals surface area contributed by atoms with Crippen molar-refractivity contribution in [2.45, 2.75) is 71.4 Å². The molecule has 0 aromatic carbocycles. The van der Waals surface area contributed by atoms with E-state index in [4.69, 9.17) is 0 Å². The summed E-state index contributed by atoms with van der Waals surface area (Å²) in [5, 5.41) is 4.57. The van der Waals surface area contributed by atoms with Crippen molar-refractivity contribution in [3.8, 4) is 0 Å². The molecule has 128 valence electrons. The number of Topliss-reactive ketones (excluding diaryl/α,β-unsaturated/α-hetero) is 1. The van der Waals surface area contributed by atoms with E-state index in [0.29, 0.717) is 29.7 Å². The van der Waals surface area contributed by atoms with Crippen molar-refractivity contribution in [1.29, 1.82) is 0 Å². The van der Waals surface area contributed by atoms with E-state index in [1.165, 1.54) is 18.4 Å². The summed E-state index contributed by atoms with van der Waals surface area (Å²) in [6, 6.07) is 1.19. The first kappa shape index (κ1) is 16.7. The van der Waals surface area contributed by atoms with Crippen LogP contribution in [-0.4, -0.2) is 39.6 Å². The van der Waals surface area contributed by atoms with Gasteiger partial charge in [-0.25, -0.2) is 0 Å². The van der Waals surface area contributed by atoms with Gasteiger partial charge in [0.25, 0.3) is 0 Å². The summed E-state index contributed by atoms with van der Waals surface area (Å²) in [7, 11) is 0. The molecular formula is C19H31N3O. The minimum absolute atomic E-state index is 0.196. The largest absolute Gasteiger partial charge is 0.300 e. The fraction of sp³-hybridized carbons (Fsp3) is 0.789. The Kier molecular flexibility index (Phi) is 4.90. The molecule has 1 aromatic rings. The second kappa shape index (κ2) is 6.76. The van der Waals surface area contributed by atoms with Crippen LogP contribution in [0.25, 0.3) is 0 Å². The molecule has 3 rings (SSSR count). The van der Waals surface area contributed by atoms with Gasteiger partial charge >= 0.3 is 0 Å². The number of carbonyl (C=O) groups is 1. The Bertz CT molecular complexity index is 535. The van der Waals surface area contributed by atoms with Crippen LogP contribution in [0.2, 0.25) is 0 Å². The van der Waals surface area contributed by atoms with Crippen LogP contribution < -0.4 is 0 Å². The Morgan fingerprint density at radius 3 is 2.30 bits per heavy atom. The second-order valence-electron chi connectivity index (χ2n) is 8.05. The highest BCUT2D eigenvalue weighted by atomic mass is 16.1. The summed E-state index contributed by atoms with van der Waals surface area (Å²) in [5.41, 5.74) is 1.33. The fourth-order valence-corrected chi connectivity index (χ4v) is 3.96. The predicted octanol–water partition coefficient (Wildman–Crippen LogP) is 3.65. The van der Waals surface area contributed by atoms with Crippen molar-refractivity contribution in [2.24, 2.45) is 11.8 Å². The summed E-state index contributed by atoms with van der Waals surface area (Å²) >= 11 is 0. The third-order valence-corrected chi connectivity index (χ3v) is 5.76. The summed E-state index contributed by atoms with van der Waals surface area (Å²) in [5.74, 6) is 1.54. The molecule has 4 heteroatoms. The molecule has 1 saturated carbocycles. The van der Waals surface area contributed by atoms with Crippen LogP contribution in [0.15, 0.2) is 12.4 Å². The highest BCUT2D eigenvalue weighted by molar-refractivity contribution is 5.83. The van der Waals surface area contributed by atoms with Crippen LogP contribution in [0.1, 0.15) is 70.9 Å². The van der Waals surface area contributed by atoms with E-state index in [2.05, 4.69) is 34.7 Å². The zero-order chi connectivity index (χ0) is 16.6. The zero-order valence-electron chi connectivity index (χ0n) is 15.0. The van der Waals surface area contributed by atoms with E-state index in [9.17, 15) is 4.79 Å². The maximum atomic E-state index is 12.0. The van der Waals surface area contributed by atoms with Gasteiger partial charge in [0.05, 0.1) is 12.2 Å². The van der Waals surface area contributed by atoms with Gasteiger partial charge in [0.15, 0.2) is 0 Å². The first-order chi connectivity index (χ1) is 11.0. The molecule has 0 spiro atoms. The molecule has 1 aliphatic carbocycles. The molecule has 1 aromatic heterocycles. The van der Waals surface area contributed by atoms with E-state index in [1.807, 2.05) is 20.0 Å². The third-order valence-electron chi connectivity index (χ3n) is 5.76. The van der Waals surface area contributed by atoms with Crippen LogP contribution in [0.3, 0.4) is 0 Å². The highest BCUT2D eigenvalue weighted by Gasteiger charge is 2.39. The lowest BCUT2D eigenvalue weighted by Crippen LogP contribution is -2.50. The first-order valence-corrected chi connectivity index (χ1v) is 9.27. The molecule has 1 aliphatic heterocycles. The Hall–Kier alpha value is -1.16. The lowest BCUT2D eigenvalue weighted by molar-refractivity contribution is -0.130. The van der Waals surface area contributed by atoms with Crippen molar-refractivity contribution in [3.63, 3.8) is 0 Å². The number of aromatic nitrogens is 2. The van der Waals surface area contributed by atoms with Gasteiger partial charge in [0, 0.05) is 37.2 Å². The van der Waals surface area contributed by atoms with Gasteiger partial charge < -0.3 is 4.90 Å². The Morgan fingerprint density at radius 1 is 1.13 bits per heavy atom. The summed E-state index contributed by atoms with van der Waals surface area (Å²) in [4.78, 5) is 14.6. The van der Waals surface area contributed by atoms with E-state index in [-0.39, 0.29) is 5.92 Å². The normalized spacial score (nSPS) is 26.7. The van der Waals surface area contributed by atoms with Gasteiger partial charge in [0.2, 0.25) is 0 Å². The van der Waals surface area contributed by atoms with E-state index < -0.39 is 0 Å². The monoisotopic (exact) mass is 317 g/mol. The number of piperidine rings is 1. The highest BCUT2D eigenvalue weighted by Crippen LogP contribution is 2.36. The number of carbonyl (C=O) groups excluding carboxylic acids is 1. The Morgan fingerprint density at radius 2 is 1.78 bits per heavy atom. The number of hydrogen-bond acceptors (Lipinski definition) is 3. The maximum Gasteiger partial charge on any atom is 0.138 e. The average Bonchev–Trinajstić information content (AvgIpc) is 2.96. The van der Waals surface area contributed by atoms with Crippen LogP contribution in [0.5, 0.6) is 0 Å². The molecule has 0 radical (unpaired) electrons. The Labute approximate surface area is 140 Å². The summed E-state index contributed by atoms with van der Waals surface area (Å²) in [6.07, 6.45) is 8.77. The second-order valence-corrected chi connectivity index (χ2v) is 8.05. The van der Waals surface area contributed by atoms with E-state index >= 15 is 0 Å². The third kappa shape index (κ3) is 3.52. The number of likely N-dealkylation sites (tertiary alicyclic amines) is 1. The van der Waals surface area contributed by atoms with Gasteiger partial charge in [-0.05, 0) is 37.2 Å². The molecule has 0 amide bonds. The fourth-order valence-electron chi connectivity index (χ4n) is 3.96. The van der Waals surface area contributed by atoms with Crippen LogP contribution in [0.4, 0.5) is 0 Å². The Balaban J connectivity index is 1.47. The minimum atomic E-state index is 0.196. The molecule has 0 atom stereocenters. The van der Waals surface area contributed by atoms with Gasteiger partial charge in [-0.1, -0.05) is 27.7 Å². The van der Waals surface area contributed by atoms with Crippen molar-refractivity contribution >= 4 is 5.78 Å². The number of hydrogen-bond donors (Lipinski definition) is 0. The van der Waals surface area contributed by atoms with Crippen molar-refractivity contribution in [1.82, 2.24) is 14.7 Å². The smallest absolute Gasteiger partial charge is 0.138 e. The molecule has 2 aliphatic rings. The van der Waals surface area contributed by atoms with Gasteiger partial charge in [-0.2, -0.15) is 5.10 Å². The van der Waals surface area contributed by atoms with Crippen molar-refractivity contribution < 1.29 is 4.79 Å². The summed E-state index contributed by atoms with van der Waals surface area (Å²) in [6.45, 7) is 10.8. The lowest BCUT2D eigenvalue weighted by atomic mass is 9.73. The lowest BCUT2D eigenvalue weighted by Gasteiger charge is -2.45. The standard InChI is InChI=1S/C19H31N3O/c1-13(2)16-11-20-22(12-16)17-5-7-21(8-6-17)18-9-15(10-18)19(23)14(3)4/h11-15,17-18H,5-10H2,1-4H3/t15-,18-. The van der Waals surface area contributed by atoms with Gasteiger partial charge in [0.1, 0.15) is 5.78 Å². The zero-order valence-corrected chi connectivity index (χ0v) is 15.0. The first-order valence-electron chi connectivity index (χ1n) is 9.27. The molecule has 1 saturated heterocycles. The number of rotatable bonds is 5. The number of nitrogens with zero attached hydrogens (tertiary/aromatic N) is 3. The SMILES string of the molecule is CC(C)c1cnn(C2CCN([C@H]3C[C@H](C(=O)C(C)C)C3)CC2)c1. The number of ketones is 1. The predicted molar refractivity (Wildman–Crippen MR) is 92.5 cm³/mol. The molecular weight excluding hydrogens is 286 g/mol. The molecule has 0 N–H and O–H groups in total. The molecule has 4 nitrogen and oxygen atoms in total. The van der Waals surface area contributed by atoms with Gasteiger partial charge in [-0.3, -0.25) is 9.48 Å². The van der Waals surface area contributed by atoms with Gasteiger partial charge in [-0.15, -0.1) is 0 Å². The molecule has 23 heavy (non-hydrogen) atoms. The summed E-state index contributed by atoms with van der Waals surface area (Å²) < 4.78 is 2.18. The molecule has 0 bridgehead atoms. The van der Waals surface area contributed by atoms with E-state index in [1.54, 1.807) is 0 Å². The van der Waals surface area contributed by atoms with Crippen molar-refractivity contribution in [2.75, 3.05) is 13.1 Å². The molecule has 2 heterocycles. The average molecular weight is 317 g/mol. The van der Waals surface area contributed by atoms with Crippen LogP contribution >= 0.6 is 0 Å². The quantitative estimate of drug-likeness (QED) is 0.832. The topological polar surface area (TPSA) is 38.1 Å². The van der Waals surface area contributed by atoms with Crippen molar-refractivity contribution in [3.05, 3.63) is 18.0 Å². The van der Waals surface area contributed by atoms with E-state index in [0.717, 1.165) is 25.9 Å². The van der Waals surface area contributed by atoms with Crippen LogP contribution in [-0.2, 0) is 4.79 Å². The minimum Gasteiger partial charge on any atom is -0.300 e. The molecule has 2 fully saturated rings. The van der Waals surface area contributed by atoms with Crippen LogP contribution in [0, 0.1) is 11.8 Å². The maximum absolute atomic E-state index is 12.0.